The van der Waals surface area contributed by atoms with Gasteiger partial charge in [-0.1, -0.05) is 0 Å². The zero-order valence-electron chi connectivity index (χ0n) is 19.5. The maximum absolute atomic E-state index is 13.2. The summed E-state index contributed by atoms with van der Waals surface area (Å²) >= 11 is 0. The molecule has 1 fully saturated rings. The Balaban J connectivity index is 2.14. The van der Waals surface area contributed by atoms with Crippen LogP contribution in [0.3, 0.4) is 0 Å². The Labute approximate surface area is 197 Å². The third kappa shape index (κ3) is 3.55. The molecule has 1 aliphatic heterocycles. The van der Waals surface area contributed by atoms with E-state index in [-0.39, 0.29) is 5.91 Å². The second-order valence-corrected chi connectivity index (χ2v) is 15.4. The van der Waals surface area contributed by atoms with Gasteiger partial charge in [-0.25, -0.2) is 0 Å². The second kappa shape index (κ2) is 9.25. The molecule has 1 aliphatic rings. The van der Waals surface area contributed by atoms with E-state index in [9.17, 15) is 4.79 Å². The Bertz CT molecular complexity index is 1080. The van der Waals surface area contributed by atoms with Crippen molar-refractivity contribution < 1.29 is 4.79 Å². The van der Waals surface area contributed by atoms with Crippen LogP contribution in [0.1, 0.15) is 31.7 Å². The maximum atomic E-state index is 13.2. The Hall–Kier alpha value is -2.74. The van der Waals surface area contributed by atoms with Crippen LogP contribution < -0.4 is 22.1 Å². The van der Waals surface area contributed by atoms with E-state index in [1.54, 1.807) is 0 Å². The molecule has 4 heteroatoms. The van der Waals surface area contributed by atoms with Gasteiger partial charge >= 0.3 is 198 Å². The first-order valence-electron chi connectivity index (χ1n) is 11.9. The van der Waals surface area contributed by atoms with Gasteiger partial charge in [0.1, 0.15) is 0 Å². The number of carbonyl (C=O) groups is 1. The quantitative estimate of drug-likeness (QED) is 0.399. The SMILES string of the molecule is CC(CN)(/C(=C/c1ccccc1)C(N)=O)P1(c2ccccc2)(c2ccccc2)CCCCC1. The van der Waals surface area contributed by atoms with Crippen molar-refractivity contribution in [3.8, 4) is 0 Å². The van der Waals surface area contributed by atoms with Gasteiger partial charge in [0.05, 0.1) is 0 Å². The number of hydrogen-bond acceptors (Lipinski definition) is 2. The predicted molar refractivity (Wildman–Crippen MR) is 144 cm³/mol. The van der Waals surface area contributed by atoms with Crippen LogP contribution in [-0.2, 0) is 4.79 Å². The third-order valence-electron chi connectivity index (χ3n) is 8.11. The minimum atomic E-state index is -3.04. The standard InChI is InChI=1S/C29H35N2OP/c1-29(23-30,27(28(31)32)22-24-14-6-2-7-15-24)33(20-12-5-13-21-33,25-16-8-3-9-17-25)26-18-10-4-11-19-26/h2-4,6-11,14-19,22H,5,12-13,20-21,23,30H2,1H3,(H2,31,32)/b27-22+. The Morgan fingerprint density at radius 1 is 0.818 bits per heavy atom. The summed E-state index contributed by atoms with van der Waals surface area (Å²) in [7, 11) is 0. The fourth-order valence-electron chi connectivity index (χ4n) is 6.34. The molecule has 4 rings (SSSR count). The molecule has 33 heavy (non-hydrogen) atoms. The molecule has 3 aromatic rings. The fraction of sp³-hybridized carbons (Fsp3) is 0.276. The number of hydrogen-bond donors (Lipinski definition) is 2. The topological polar surface area (TPSA) is 69.1 Å². The van der Waals surface area contributed by atoms with Gasteiger partial charge in [0.15, 0.2) is 0 Å². The van der Waals surface area contributed by atoms with Gasteiger partial charge in [-0.3, -0.25) is 0 Å². The van der Waals surface area contributed by atoms with Gasteiger partial charge in [-0.05, 0) is 0 Å². The Morgan fingerprint density at radius 2 is 1.27 bits per heavy atom. The van der Waals surface area contributed by atoms with Crippen LogP contribution in [0.5, 0.6) is 0 Å². The van der Waals surface area contributed by atoms with E-state index in [1.807, 2.05) is 36.4 Å². The van der Waals surface area contributed by atoms with Crippen LogP contribution in [-0.4, -0.2) is 29.9 Å². The van der Waals surface area contributed by atoms with Gasteiger partial charge in [0, 0.05) is 0 Å². The van der Waals surface area contributed by atoms with Crippen molar-refractivity contribution in [2.24, 2.45) is 11.5 Å². The van der Waals surface area contributed by atoms with Crippen molar-refractivity contribution in [2.75, 3.05) is 18.9 Å². The van der Waals surface area contributed by atoms with E-state index in [1.165, 1.54) is 17.0 Å². The first-order chi connectivity index (χ1) is 16.0. The summed E-state index contributed by atoms with van der Waals surface area (Å²) in [6, 6.07) is 31.7. The first kappa shape index (κ1) is 23.4. The molecule has 0 radical (unpaired) electrons. The van der Waals surface area contributed by atoms with Gasteiger partial charge < -0.3 is 0 Å². The average Bonchev–Trinajstić information content (AvgIpc) is 2.88. The molecule has 1 amide bonds. The Morgan fingerprint density at radius 3 is 1.70 bits per heavy atom. The van der Waals surface area contributed by atoms with Crippen LogP contribution >= 0.6 is 6.60 Å². The van der Waals surface area contributed by atoms with Crippen LogP contribution in [0.2, 0.25) is 0 Å². The summed E-state index contributed by atoms with van der Waals surface area (Å²) in [5.41, 5.74) is 14.6. The second-order valence-electron chi connectivity index (χ2n) is 9.50. The minimum absolute atomic E-state index is 0.357. The number of rotatable bonds is 7. The summed E-state index contributed by atoms with van der Waals surface area (Å²) in [4.78, 5) is 13.2. The number of benzene rings is 3. The summed E-state index contributed by atoms with van der Waals surface area (Å²) < 4.78 is 0. The van der Waals surface area contributed by atoms with Crippen molar-refractivity contribution in [2.45, 2.75) is 31.3 Å². The van der Waals surface area contributed by atoms with Crippen LogP contribution in [0.4, 0.5) is 0 Å². The average molecular weight is 459 g/mol. The van der Waals surface area contributed by atoms with Gasteiger partial charge in [-0.2, -0.15) is 0 Å². The Kier molecular flexibility index (Phi) is 6.56. The van der Waals surface area contributed by atoms with Gasteiger partial charge in [-0.15, -0.1) is 0 Å². The molecule has 4 N–H and O–H groups in total. The van der Waals surface area contributed by atoms with Crippen molar-refractivity contribution in [3.05, 3.63) is 102 Å². The fourth-order valence-corrected chi connectivity index (χ4v) is 14.8. The molecule has 0 spiro atoms. The third-order valence-corrected chi connectivity index (χ3v) is 16.6. The van der Waals surface area contributed by atoms with E-state index in [4.69, 9.17) is 11.5 Å². The summed E-state index contributed by atoms with van der Waals surface area (Å²) in [5.74, 6) is -0.381. The van der Waals surface area contributed by atoms with Crippen molar-refractivity contribution in [3.63, 3.8) is 0 Å². The molecule has 172 valence electrons. The van der Waals surface area contributed by atoms with E-state index >= 15 is 0 Å². The molecule has 0 aliphatic carbocycles. The molecular weight excluding hydrogens is 423 g/mol. The van der Waals surface area contributed by atoms with Crippen molar-refractivity contribution in [1.82, 2.24) is 0 Å². The van der Waals surface area contributed by atoms with Crippen molar-refractivity contribution in [1.29, 1.82) is 0 Å². The van der Waals surface area contributed by atoms with Gasteiger partial charge in [0.25, 0.3) is 0 Å². The zero-order valence-corrected chi connectivity index (χ0v) is 20.4. The van der Waals surface area contributed by atoms with Crippen LogP contribution in [0.15, 0.2) is 96.6 Å². The molecular formula is C29H35N2OP. The normalized spacial score (nSPS) is 20.7. The monoisotopic (exact) mass is 458 g/mol. The molecule has 3 nitrogen and oxygen atoms in total. The molecule has 1 atom stereocenters. The summed E-state index contributed by atoms with van der Waals surface area (Å²) in [6.07, 6.45) is 7.50. The number of amides is 1. The molecule has 0 bridgehead atoms. The predicted octanol–water partition coefficient (Wildman–Crippen LogP) is 4.66. The van der Waals surface area contributed by atoms with E-state index in [0.29, 0.717) is 12.1 Å². The molecule has 1 unspecified atom stereocenters. The van der Waals surface area contributed by atoms with Crippen LogP contribution in [0, 0.1) is 0 Å². The summed E-state index contributed by atoms with van der Waals surface area (Å²) in [6.45, 7) is -0.463. The first-order valence-corrected chi connectivity index (χ1v) is 14.5. The zero-order chi connectivity index (χ0) is 23.4. The molecule has 1 heterocycles. The van der Waals surface area contributed by atoms with E-state index < -0.39 is 11.8 Å². The van der Waals surface area contributed by atoms with Crippen molar-refractivity contribution >= 4 is 29.2 Å². The summed E-state index contributed by atoms with van der Waals surface area (Å²) in [5, 5.41) is 2.07. The molecule has 0 saturated carbocycles. The number of primary amides is 1. The number of carbonyl (C=O) groups excluding carboxylic acids is 1. The van der Waals surface area contributed by atoms with Crippen LogP contribution in [0.25, 0.3) is 6.08 Å². The van der Waals surface area contributed by atoms with Gasteiger partial charge in [0.2, 0.25) is 0 Å². The molecule has 1 saturated heterocycles. The van der Waals surface area contributed by atoms with E-state index in [2.05, 4.69) is 67.6 Å². The van der Waals surface area contributed by atoms with E-state index in [0.717, 1.165) is 30.7 Å². The molecule has 3 aromatic carbocycles. The molecule has 0 aromatic heterocycles. The number of nitrogens with two attached hydrogens (primary N) is 2.